The van der Waals surface area contributed by atoms with Crippen LogP contribution in [0.4, 0.5) is 13.2 Å². The average Bonchev–Trinajstić information content (AvgIpc) is 2.58. The second-order valence-electron chi connectivity index (χ2n) is 6.65. The molecule has 2 aromatic rings. The van der Waals surface area contributed by atoms with Crippen LogP contribution in [0.25, 0.3) is 0 Å². The van der Waals surface area contributed by atoms with E-state index in [9.17, 15) is 22.8 Å². The van der Waals surface area contributed by atoms with Crippen LogP contribution < -0.4 is 10.1 Å². The fourth-order valence-corrected chi connectivity index (χ4v) is 3.02. The van der Waals surface area contributed by atoms with Crippen molar-refractivity contribution in [3.63, 3.8) is 0 Å². The Balaban J connectivity index is 2.11. The first-order chi connectivity index (χ1) is 13.4. The van der Waals surface area contributed by atoms with Crippen LogP contribution in [0, 0.1) is 6.92 Å². The van der Waals surface area contributed by atoms with Crippen LogP contribution in [0.1, 0.15) is 47.2 Å². The van der Waals surface area contributed by atoms with Crippen LogP contribution in [-0.4, -0.2) is 29.5 Å². The molecule has 1 atom stereocenters. The van der Waals surface area contributed by atoms with Gasteiger partial charge in [-0.25, -0.2) is 0 Å². The van der Waals surface area contributed by atoms with Gasteiger partial charge in [-0.1, -0.05) is 17.7 Å². The van der Waals surface area contributed by atoms with Gasteiger partial charge in [0.1, 0.15) is 11.5 Å². The summed E-state index contributed by atoms with van der Waals surface area (Å²) in [5.41, 5.74) is 1.97. The predicted molar refractivity (Wildman–Crippen MR) is 102 cm³/mol. The highest BCUT2D eigenvalue weighted by Crippen LogP contribution is 2.28. The molecule has 9 heteroatoms. The van der Waals surface area contributed by atoms with Crippen molar-refractivity contribution in [3.8, 4) is 5.75 Å². The van der Waals surface area contributed by atoms with E-state index in [1.54, 1.807) is 26.0 Å². The Hall–Kier alpha value is -2.61. The minimum atomic E-state index is -4.45. The van der Waals surface area contributed by atoms with Crippen LogP contribution in [0.2, 0.25) is 5.02 Å². The summed E-state index contributed by atoms with van der Waals surface area (Å²) in [6, 6.07) is 6.76. The zero-order valence-corrected chi connectivity index (χ0v) is 16.8. The lowest BCUT2D eigenvalue weighted by atomic mass is 10.1. The number of hydrogen-bond donors (Lipinski definition) is 1. The van der Waals surface area contributed by atoms with E-state index in [4.69, 9.17) is 11.6 Å². The summed E-state index contributed by atoms with van der Waals surface area (Å²) in [6.07, 6.45) is -4.32. The van der Waals surface area contributed by atoms with Gasteiger partial charge in [-0.3, -0.25) is 14.6 Å². The van der Waals surface area contributed by atoms with Crippen molar-refractivity contribution in [2.24, 2.45) is 0 Å². The summed E-state index contributed by atoms with van der Waals surface area (Å²) >= 11 is 6.15. The zero-order chi connectivity index (χ0) is 21.8. The van der Waals surface area contributed by atoms with Gasteiger partial charge >= 0.3 is 6.18 Å². The lowest BCUT2D eigenvalue weighted by molar-refractivity contribution is -0.153. The maximum atomic E-state index is 12.6. The molecule has 1 aromatic carbocycles. The number of Topliss-reactive ketones (excluding diaryl/α,β-unsaturated/α-hetero) is 1. The molecule has 1 heterocycles. The normalized spacial score (nSPS) is 12.4. The molecule has 0 spiro atoms. The third kappa shape index (κ3) is 7.05. The first kappa shape index (κ1) is 22.7. The van der Waals surface area contributed by atoms with Crippen molar-refractivity contribution in [2.45, 2.75) is 39.4 Å². The molecule has 1 N–H and O–H groups in total. The van der Waals surface area contributed by atoms with E-state index in [0.29, 0.717) is 22.5 Å². The molecule has 0 fully saturated rings. The average molecular weight is 429 g/mol. The number of hydrogen-bond acceptors (Lipinski definition) is 4. The third-order valence-corrected chi connectivity index (χ3v) is 4.21. The molecule has 0 bridgehead atoms. The summed E-state index contributed by atoms with van der Waals surface area (Å²) in [5, 5.41) is 2.95. The van der Waals surface area contributed by atoms with Crippen molar-refractivity contribution in [3.05, 3.63) is 57.9 Å². The standard InChI is InChI=1S/C20H20ClF3N2O3/c1-11-6-14(8-15(25-11)7-12(2)27)19(28)26-13(3)17-5-4-16(9-18(17)21)29-10-20(22,23)24/h4-6,8-9,13H,7,10H2,1-3H3,(H,26,28). The van der Waals surface area contributed by atoms with E-state index in [-0.39, 0.29) is 28.9 Å². The predicted octanol–water partition coefficient (Wildman–Crippen LogP) is 4.61. The van der Waals surface area contributed by atoms with E-state index in [0.717, 1.165) is 0 Å². The number of nitrogens with one attached hydrogen (secondary N) is 1. The number of benzene rings is 1. The van der Waals surface area contributed by atoms with Gasteiger partial charge in [0.15, 0.2) is 6.61 Å². The minimum absolute atomic E-state index is 0.0202. The van der Waals surface area contributed by atoms with Crippen LogP contribution in [0.3, 0.4) is 0 Å². The number of amides is 1. The zero-order valence-electron chi connectivity index (χ0n) is 16.1. The first-order valence-corrected chi connectivity index (χ1v) is 9.09. The fourth-order valence-electron chi connectivity index (χ4n) is 2.69. The molecule has 29 heavy (non-hydrogen) atoms. The Bertz CT molecular complexity index is 916. The van der Waals surface area contributed by atoms with Gasteiger partial charge in [0.05, 0.1) is 6.04 Å². The molecule has 0 radical (unpaired) electrons. The number of pyridine rings is 1. The molecule has 2 rings (SSSR count). The molecular weight excluding hydrogens is 409 g/mol. The molecule has 0 saturated heterocycles. The molecule has 156 valence electrons. The highest BCUT2D eigenvalue weighted by molar-refractivity contribution is 6.31. The fraction of sp³-hybridized carbons (Fsp3) is 0.350. The van der Waals surface area contributed by atoms with Crippen molar-refractivity contribution < 1.29 is 27.5 Å². The number of ether oxygens (including phenoxy) is 1. The lowest BCUT2D eigenvalue weighted by Gasteiger charge is -2.17. The quantitative estimate of drug-likeness (QED) is 0.699. The number of nitrogens with zero attached hydrogens (tertiary/aromatic N) is 1. The third-order valence-electron chi connectivity index (χ3n) is 3.89. The van der Waals surface area contributed by atoms with Crippen molar-refractivity contribution in [1.29, 1.82) is 0 Å². The van der Waals surface area contributed by atoms with E-state index in [1.165, 1.54) is 25.1 Å². The molecule has 1 unspecified atom stereocenters. The Labute approximate surface area is 171 Å². The Morgan fingerprint density at radius 1 is 1.24 bits per heavy atom. The van der Waals surface area contributed by atoms with E-state index in [2.05, 4.69) is 15.0 Å². The summed E-state index contributed by atoms with van der Waals surface area (Å²) in [5.74, 6) is -0.475. The maximum absolute atomic E-state index is 12.6. The molecule has 0 aliphatic heterocycles. The van der Waals surface area contributed by atoms with Gasteiger partial charge in [0, 0.05) is 28.4 Å². The highest BCUT2D eigenvalue weighted by Gasteiger charge is 2.28. The largest absolute Gasteiger partial charge is 0.484 e. The number of alkyl halides is 3. The Kier molecular flexibility index (Phi) is 7.24. The van der Waals surface area contributed by atoms with E-state index >= 15 is 0 Å². The van der Waals surface area contributed by atoms with Gasteiger partial charge in [0.2, 0.25) is 0 Å². The smallest absolute Gasteiger partial charge is 0.422 e. The monoisotopic (exact) mass is 428 g/mol. The summed E-state index contributed by atoms with van der Waals surface area (Å²) < 4.78 is 41.4. The summed E-state index contributed by atoms with van der Waals surface area (Å²) in [6.45, 7) is 3.44. The molecule has 0 aliphatic rings. The number of carbonyl (C=O) groups excluding carboxylic acids is 2. The first-order valence-electron chi connectivity index (χ1n) is 8.71. The minimum Gasteiger partial charge on any atom is -0.484 e. The second kappa shape index (κ2) is 9.26. The van der Waals surface area contributed by atoms with E-state index in [1.807, 2.05) is 0 Å². The van der Waals surface area contributed by atoms with E-state index < -0.39 is 18.8 Å². The molecular formula is C20H20ClF3N2O3. The number of ketones is 1. The van der Waals surface area contributed by atoms with Crippen molar-refractivity contribution >= 4 is 23.3 Å². The lowest BCUT2D eigenvalue weighted by Crippen LogP contribution is -2.27. The topological polar surface area (TPSA) is 68.3 Å². The maximum Gasteiger partial charge on any atom is 0.422 e. The van der Waals surface area contributed by atoms with Crippen molar-refractivity contribution in [1.82, 2.24) is 10.3 Å². The molecule has 1 amide bonds. The molecule has 0 aliphatic carbocycles. The van der Waals surface area contributed by atoms with Crippen molar-refractivity contribution in [2.75, 3.05) is 6.61 Å². The molecule has 0 saturated carbocycles. The van der Waals surface area contributed by atoms with Crippen LogP contribution >= 0.6 is 11.6 Å². The SMILES string of the molecule is CC(=O)Cc1cc(C(=O)NC(C)c2ccc(OCC(F)(F)F)cc2Cl)cc(C)n1. The highest BCUT2D eigenvalue weighted by atomic mass is 35.5. The van der Waals surface area contributed by atoms with Gasteiger partial charge < -0.3 is 10.1 Å². The van der Waals surface area contributed by atoms with Crippen LogP contribution in [0.5, 0.6) is 5.75 Å². The van der Waals surface area contributed by atoms with Gasteiger partial charge in [0.25, 0.3) is 5.91 Å². The van der Waals surface area contributed by atoms with Crippen LogP contribution in [0.15, 0.2) is 30.3 Å². The number of aryl methyl sites for hydroxylation is 1. The molecule has 1 aromatic heterocycles. The number of carbonyl (C=O) groups is 2. The molecule has 5 nitrogen and oxygen atoms in total. The summed E-state index contributed by atoms with van der Waals surface area (Å²) in [4.78, 5) is 28.1. The second-order valence-corrected chi connectivity index (χ2v) is 7.06. The summed E-state index contributed by atoms with van der Waals surface area (Å²) in [7, 11) is 0. The van der Waals surface area contributed by atoms with Gasteiger partial charge in [-0.05, 0) is 50.6 Å². The van der Waals surface area contributed by atoms with Crippen LogP contribution in [-0.2, 0) is 11.2 Å². The number of aromatic nitrogens is 1. The van der Waals surface area contributed by atoms with Gasteiger partial charge in [-0.2, -0.15) is 13.2 Å². The number of halogens is 4. The Morgan fingerprint density at radius 3 is 2.52 bits per heavy atom. The van der Waals surface area contributed by atoms with Gasteiger partial charge in [-0.15, -0.1) is 0 Å². The number of rotatable bonds is 7. The Morgan fingerprint density at radius 2 is 1.93 bits per heavy atom.